The van der Waals surface area contributed by atoms with Gasteiger partial charge in [-0.25, -0.2) is 9.97 Å². The van der Waals surface area contributed by atoms with Crippen molar-refractivity contribution in [2.75, 3.05) is 44.2 Å². The zero-order chi connectivity index (χ0) is 14.5. The van der Waals surface area contributed by atoms with Gasteiger partial charge in [-0.15, -0.1) is 0 Å². The molecule has 1 amide bonds. The van der Waals surface area contributed by atoms with Crippen LogP contribution in [0.15, 0.2) is 18.5 Å². The van der Waals surface area contributed by atoms with E-state index < -0.39 is 0 Å². The summed E-state index contributed by atoms with van der Waals surface area (Å²) in [7, 11) is 0. The number of rotatable bonds is 6. The summed E-state index contributed by atoms with van der Waals surface area (Å²) in [4.78, 5) is 24.8. The van der Waals surface area contributed by atoms with E-state index in [2.05, 4.69) is 25.1 Å². The van der Waals surface area contributed by atoms with Crippen LogP contribution < -0.4 is 10.2 Å². The Balaban J connectivity index is 1.31. The zero-order valence-corrected chi connectivity index (χ0v) is 12.4. The van der Waals surface area contributed by atoms with Crippen LogP contribution in [0.4, 0.5) is 5.95 Å². The van der Waals surface area contributed by atoms with Crippen molar-refractivity contribution in [2.45, 2.75) is 19.3 Å². The Labute approximate surface area is 125 Å². The second-order valence-corrected chi connectivity index (χ2v) is 5.80. The molecule has 0 spiro atoms. The third-order valence-corrected chi connectivity index (χ3v) is 4.11. The van der Waals surface area contributed by atoms with E-state index in [1.54, 1.807) is 12.4 Å². The lowest BCUT2D eigenvalue weighted by Crippen LogP contribution is -2.47. The molecule has 0 aromatic carbocycles. The van der Waals surface area contributed by atoms with Crippen LogP contribution in [0, 0.1) is 5.92 Å². The standard InChI is InChI=1S/C15H23N5O/c21-14(13-3-4-13)16-7-2-8-19-9-11-20(12-10-19)15-17-5-1-6-18-15/h1,5-6,13H,2-4,7-12H2,(H,16,21). The highest BCUT2D eigenvalue weighted by atomic mass is 16.2. The van der Waals surface area contributed by atoms with Crippen molar-refractivity contribution < 1.29 is 4.79 Å². The summed E-state index contributed by atoms with van der Waals surface area (Å²) >= 11 is 0. The second-order valence-electron chi connectivity index (χ2n) is 5.80. The van der Waals surface area contributed by atoms with Gasteiger partial charge in [0.25, 0.3) is 0 Å². The van der Waals surface area contributed by atoms with Crippen molar-refractivity contribution in [3.63, 3.8) is 0 Å². The summed E-state index contributed by atoms with van der Waals surface area (Å²) in [6.07, 6.45) is 6.76. The molecule has 1 saturated carbocycles. The Bertz CT molecular complexity index is 454. The van der Waals surface area contributed by atoms with E-state index in [0.717, 1.165) is 64.5 Å². The van der Waals surface area contributed by atoms with Gasteiger partial charge in [-0.1, -0.05) is 0 Å². The SMILES string of the molecule is O=C(NCCCN1CCN(c2ncccn2)CC1)C1CC1. The molecule has 0 bridgehead atoms. The first-order valence-corrected chi connectivity index (χ1v) is 7.85. The smallest absolute Gasteiger partial charge is 0.225 e. The van der Waals surface area contributed by atoms with Gasteiger partial charge in [-0.3, -0.25) is 9.69 Å². The molecule has 1 saturated heterocycles. The van der Waals surface area contributed by atoms with Gasteiger partial charge in [0.1, 0.15) is 0 Å². The Morgan fingerprint density at radius 1 is 1.19 bits per heavy atom. The molecule has 1 aliphatic heterocycles. The number of hydrogen-bond acceptors (Lipinski definition) is 5. The van der Waals surface area contributed by atoms with Gasteiger partial charge in [-0.2, -0.15) is 0 Å². The minimum atomic E-state index is 0.251. The highest BCUT2D eigenvalue weighted by Gasteiger charge is 2.29. The Hall–Kier alpha value is -1.69. The third kappa shape index (κ3) is 4.14. The highest BCUT2D eigenvalue weighted by Crippen LogP contribution is 2.28. The monoisotopic (exact) mass is 289 g/mol. The van der Waals surface area contributed by atoms with Gasteiger partial charge < -0.3 is 10.2 Å². The summed E-state index contributed by atoms with van der Waals surface area (Å²) in [6, 6.07) is 1.84. The molecule has 2 heterocycles. The number of aromatic nitrogens is 2. The van der Waals surface area contributed by atoms with Gasteiger partial charge in [0.05, 0.1) is 0 Å². The fourth-order valence-electron chi connectivity index (χ4n) is 2.63. The largest absolute Gasteiger partial charge is 0.356 e. The molecule has 3 rings (SSSR count). The summed E-state index contributed by atoms with van der Waals surface area (Å²) in [5.41, 5.74) is 0. The molecule has 0 atom stereocenters. The predicted molar refractivity (Wildman–Crippen MR) is 81.0 cm³/mol. The lowest BCUT2D eigenvalue weighted by Gasteiger charge is -2.34. The van der Waals surface area contributed by atoms with E-state index in [-0.39, 0.29) is 5.91 Å². The van der Waals surface area contributed by atoms with Crippen LogP contribution in [0.25, 0.3) is 0 Å². The molecule has 1 aromatic heterocycles. The van der Waals surface area contributed by atoms with E-state index in [4.69, 9.17) is 0 Å². The van der Waals surface area contributed by atoms with Crippen LogP contribution in [0.2, 0.25) is 0 Å². The molecular formula is C15H23N5O. The number of carbonyl (C=O) groups excluding carboxylic acids is 1. The van der Waals surface area contributed by atoms with Crippen molar-refractivity contribution >= 4 is 11.9 Å². The van der Waals surface area contributed by atoms with Crippen molar-refractivity contribution in [1.29, 1.82) is 0 Å². The van der Waals surface area contributed by atoms with E-state index >= 15 is 0 Å². The maximum atomic E-state index is 11.5. The van der Waals surface area contributed by atoms with Gasteiger partial charge in [0, 0.05) is 51.0 Å². The third-order valence-electron chi connectivity index (χ3n) is 4.11. The van der Waals surface area contributed by atoms with Crippen molar-refractivity contribution in [3.05, 3.63) is 18.5 Å². The topological polar surface area (TPSA) is 61.4 Å². The predicted octanol–water partition coefficient (Wildman–Crippen LogP) is 0.515. The van der Waals surface area contributed by atoms with E-state index in [0.29, 0.717) is 5.92 Å². The number of hydrogen-bond donors (Lipinski definition) is 1. The highest BCUT2D eigenvalue weighted by molar-refractivity contribution is 5.80. The average molecular weight is 289 g/mol. The first-order chi connectivity index (χ1) is 10.3. The lowest BCUT2D eigenvalue weighted by molar-refractivity contribution is -0.122. The fraction of sp³-hybridized carbons (Fsp3) is 0.667. The van der Waals surface area contributed by atoms with E-state index in [9.17, 15) is 4.79 Å². The van der Waals surface area contributed by atoms with Gasteiger partial charge in [0.15, 0.2) is 0 Å². The molecule has 114 valence electrons. The van der Waals surface area contributed by atoms with Crippen LogP contribution in [-0.2, 0) is 4.79 Å². The number of amides is 1. The van der Waals surface area contributed by atoms with Crippen LogP contribution >= 0.6 is 0 Å². The molecule has 1 aromatic rings. The molecule has 6 heteroatoms. The van der Waals surface area contributed by atoms with Crippen LogP contribution in [0.5, 0.6) is 0 Å². The first-order valence-electron chi connectivity index (χ1n) is 7.85. The number of nitrogens with one attached hydrogen (secondary N) is 1. The first kappa shape index (κ1) is 14.3. The molecule has 0 unspecified atom stereocenters. The molecule has 0 radical (unpaired) electrons. The molecule has 2 aliphatic rings. The summed E-state index contributed by atoms with van der Waals surface area (Å²) < 4.78 is 0. The van der Waals surface area contributed by atoms with Gasteiger partial charge in [0.2, 0.25) is 11.9 Å². The minimum Gasteiger partial charge on any atom is -0.356 e. The van der Waals surface area contributed by atoms with Crippen LogP contribution in [0.1, 0.15) is 19.3 Å². The molecule has 6 nitrogen and oxygen atoms in total. The Morgan fingerprint density at radius 3 is 2.57 bits per heavy atom. The van der Waals surface area contributed by atoms with Gasteiger partial charge >= 0.3 is 0 Å². The normalized spacial score (nSPS) is 19.5. The summed E-state index contributed by atoms with van der Waals surface area (Å²) in [5, 5.41) is 3.02. The maximum Gasteiger partial charge on any atom is 0.225 e. The van der Waals surface area contributed by atoms with E-state index in [1.807, 2.05) is 6.07 Å². The molecular weight excluding hydrogens is 266 g/mol. The Morgan fingerprint density at radius 2 is 1.90 bits per heavy atom. The van der Waals surface area contributed by atoms with Crippen molar-refractivity contribution in [3.8, 4) is 0 Å². The van der Waals surface area contributed by atoms with Crippen LogP contribution in [0.3, 0.4) is 0 Å². The molecule has 21 heavy (non-hydrogen) atoms. The number of nitrogens with zero attached hydrogens (tertiary/aromatic N) is 4. The summed E-state index contributed by atoms with van der Waals surface area (Å²) in [6.45, 7) is 5.87. The fourth-order valence-corrected chi connectivity index (χ4v) is 2.63. The Kier molecular flexibility index (Phi) is 4.65. The maximum absolute atomic E-state index is 11.5. The molecule has 1 aliphatic carbocycles. The average Bonchev–Trinajstić information content (AvgIpc) is 3.38. The van der Waals surface area contributed by atoms with E-state index in [1.165, 1.54) is 0 Å². The van der Waals surface area contributed by atoms with Crippen molar-refractivity contribution in [2.24, 2.45) is 5.92 Å². The summed E-state index contributed by atoms with van der Waals surface area (Å²) in [5.74, 6) is 1.40. The quantitative estimate of drug-likeness (QED) is 0.774. The number of anilines is 1. The van der Waals surface area contributed by atoms with Crippen molar-refractivity contribution in [1.82, 2.24) is 20.2 Å². The lowest BCUT2D eigenvalue weighted by atomic mass is 10.3. The zero-order valence-electron chi connectivity index (χ0n) is 12.4. The van der Waals surface area contributed by atoms with Crippen LogP contribution in [-0.4, -0.2) is 60.0 Å². The number of carbonyl (C=O) groups is 1. The van der Waals surface area contributed by atoms with Gasteiger partial charge in [-0.05, 0) is 31.9 Å². The molecule has 1 N–H and O–H groups in total. The molecule has 2 fully saturated rings. The number of piperazine rings is 1. The minimum absolute atomic E-state index is 0.251. The second kappa shape index (κ2) is 6.85.